The van der Waals surface area contributed by atoms with E-state index in [4.69, 9.17) is 16.7 Å². The molecule has 0 atom stereocenters. The molecule has 18 heavy (non-hydrogen) atoms. The van der Waals surface area contributed by atoms with Gasteiger partial charge in [0.2, 0.25) is 5.56 Å². The maximum absolute atomic E-state index is 11.3. The normalized spacial score (nSPS) is 10.5. The summed E-state index contributed by atoms with van der Waals surface area (Å²) in [6, 6.07) is 3.15. The molecule has 0 saturated heterocycles. The minimum Gasteiger partial charge on any atom is -0.478 e. The van der Waals surface area contributed by atoms with Crippen molar-refractivity contribution >= 4 is 34.2 Å². The maximum Gasteiger partial charge on any atom is 0.336 e. The third-order valence-corrected chi connectivity index (χ3v) is 2.67. The first-order valence-corrected chi connectivity index (χ1v) is 5.03. The molecule has 2 rings (SSSR count). The first-order chi connectivity index (χ1) is 8.41. The number of carboxylic acids is 1. The Balaban J connectivity index is 3.06. The molecule has 0 bridgehead atoms. The lowest BCUT2D eigenvalue weighted by Crippen LogP contribution is -2.11. The van der Waals surface area contributed by atoms with Crippen molar-refractivity contribution < 1.29 is 14.8 Å². The Kier molecular flexibility index (Phi) is 2.76. The number of non-ortho nitro benzene ring substituents is 1. The molecule has 2 aromatic rings. The number of fused-ring (bicyclic) bond motifs is 1. The number of pyridine rings is 1. The van der Waals surface area contributed by atoms with Gasteiger partial charge in [-0.25, -0.2) is 4.79 Å². The average Bonchev–Trinajstić information content (AvgIpc) is 2.27. The molecule has 8 heteroatoms. The van der Waals surface area contributed by atoms with Gasteiger partial charge in [-0.05, 0) is 6.07 Å². The summed E-state index contributed by atoms with van der Waals surface area (Å²) in [5, 5.41) is 19.8. The van der Waals surface area contributed by atoms with Crippen LogP contribution in [0, 0.1) is 10.1 Å². The highest BCUT2D eigenvalue weighted by molar-refractivity contribution is 6.37. The van der Waals surface area contributed by atoms with Gasteiger partial charge < -0.3 is 10.1 Å². The Labute approximate surface area is 104 Å². The van der Waals surface area contributed by atoms with Crippen LogP contribution >= 0.6 is 11.6 Å². The number of halogens is 1. The largest absolute Gasteiger partial charge is 0.478 e. The standard InChI is InChI=1S/C10H5ClN2O5/c11-5-1-2-6(13(17)18)9-8(5)4(10(15)16)3-7(14)12-9/h1-3H,(H,12,14)(H,15,16). The lowest BCUT2D eigenvalue weighted by molar-refractivity contribution is -0.383. The molecule has 1 heterocycles. The molecular formula is C10H5ClN2O5. The van der Waals surface area contributed by atoms with Crippen LogP contribution in [0.3, 0.4) is 0 Å². The van der Waals surface area contributed by atoms with Gasteiger partial charge >= 0.3 is 5.97 Å². The quantitative estimate of drug-likeness (QED) is 0.636. The van der Waals surface area contributed by atoms with Gasteiger partial charge in [-0.2, -0.15) is 0 Å². The summed E-state index contributed by atoms with van der Waals surface area (Å²) >= 11 is 5.83. The topological polar surface area (TPSA) is 113 Å². The number of rotatable bonds is 2. The van der Waals surface area contributed by atoms with Crippen LogP contribution in [0.4, 0.5) is 5.69 Å². The van der Waals surface area contributed by atoms with Gasteiger partial charge in [0.25, 0.3) is 5.69 Å². The highest BCUT2D eigenvalue weighted by Gasteiger charge is 2.20. The third-order valence-electron chi connectivity index (χ3n) is 2.35. The Morgan fingerprint density at radius 3 is 2.67 bits per heavy atom. The Hall–Kier alpha value is -2.41. The van der Waals surface area contributed by atoms with Gasteiger partial charge in [-0.3, -0.25) is 14.9 Å². The van der Waals surface area contributed by atoms with Gasteiger partial charge in [-0.15, -0.1) is 0 Å². The van der Waals surface area contributed by atoms with Crippen LogP contribution < -0.4 is 5.56 Å². The lowest BCUT2D eigenvalue weighted by Gasteiger charge is -2.04. The van der Waals surface area contributed by atoms with Crippen LogP contribution in [0.5, 0.6) is 0 Å². The molecule has 2 N–H and O–H groups in total. The number of carbonyl (C=O) groups is 1. The van der Waals surface area contributed by atoms with Crippen molar-refractivity contribution in [2.75, 3.05) is 0 Å². The summed E-state index contributed by atoms with van der Waals surface area (Å²) in [6.45, 7) is 0. The van der Waals surface area contributed by atoms with Crippen LogP contribution in [-0.4, -0.2) is 21.0 Å². The molecule has 0 aliphatic heterocycles. The predicted octanol–water partition coefficient (Wildman–Crippen LogP) is 1.79. The van der Waals surface area contributed by atoms with Crippen molar-refractivity contribution in [3.8, 4) is 0 Å². The smallest absolute Gasteiger partial charge is 0.336 e. The van der Waals surface area contributed by atoms with Crippen LogP contribution in [-0.2, 0) is 0 Å². The van der Waals surface area contributed by atoms with Crippen LogP contribution in [0.25, 0.3) is 10.9 Å². The third kappa shape index (κ3) is 1.80. The summed E-state index contributed by atoms with van der Waals surface area (Å²) in [4.78, 5) is 34.6. The van der Waals surface area contributed by atoms with Crippen molar-refractivity contribution in [2.24, 2.45) is 0 Å². The second-order valence-corrected chi connectivity index (χ2v) is 3.83. The van der Waals surface area contributed by atoms with Gasteiger partial charge in [0.1, 0.15) is 5.52 Å². The molecule has 0 saturated carbocycles. The molecule has 0 fully saturated rings. The van der Waals surface area contributed by atoms with Gasteiger partial charge in [0.05, 0.1) is 15.5 Å². The van der Waals surface area contributed by atoms with Crippen molar-refractivity contribution in [3.63, 3.8) is 0 Å². The van der Waals surface area contributed by atoms with E-state index in [1.54, 1.807) is 0 Å². The number of nitrogens with one attached hydrogen (secondary N) is 1. The first kappa shape index (κ1) is 12.1. The van der Waals surface area contributed by atoms with Gasteiger partial charge in [0, 0.05) is 17.5 Å². The van der Waals surface area contributed by atoms with Crippen LogP contribution in [0.15, 0.2) is 23.0 Å². The zero-order valence-electron chi connectivity index (χ0n) is 8.64. The lowest BCUT2D eigenvalue weighted by atomic mass is 10.1. The molecule has 0 aliphatic carbocycles. The summed E-state index contributed by atoms with van der Waals surface area (Å²) in [6.07, 6.45) is 0. The van der Waals surface area contributed by atoms with E-state index >= 15 is 0 Å². The Morgan fingerprint density at radius 1 is 1.44 bits per heavy atom. The number of aromatic nitrogens is 1. The minimum atomic E-state index is -1.38. The minimum absolute atomic E-state index is 0.0178. The van der Waals surface area contributed by atoms with E-state index in [0.29, 0.717) is 0 Å². The van der Waals surface area contributed by atoms with Crippen LogP contribution in [0.1, 0.15) is 10.4 Å². The van der Waals surface area contributed by atoms with E-state index in [2.05, 4.69) is 4.98 Å². The molecular weight excluding hydrogens is 264 g/mol. The van der Waals surface area contributed by atoms with Crippen molar-refractivity contribution in [1.82, 2.24) is 4.98 Å². The number of hydrogen-bond acceptors (Lipinski definition) is 4. The first-order valence-electron chi connectivity index (χ1n) is 4.65. The molecule has 1 aromatic carbocycles. The monoisotopic (exact) mass is 268 g/mol. The second-order valence-electron chi connectivity index (χ2n) is 3.43. The molecule has 0 amide bonds. The second kappa shape index (κ2) is 4.11. The molecule has 0 unspecified atom stereocenters. The van der Waals surface area contributed by atoms with E-state index in [1.807, 2.05) is 0 Å². The van der Waals surface area contributed by atoms with Gasteiger partial charge in [0.15, 0.2) is 0 Å². The number of aromatic carboxylic acids is 1. The number of H-pyrrole nitrogens is 1. The van der Waals surface area contributed by atoms with E-state index in [1.165, 1.54) is 6.07 Å². The number of nitro benzene ring substituents is 1. The zero-order chi connectivity index (χ0) is 13.4. The summed E-state index contributed by atoms with van der Waals surface area (Å²) in [5.41, 5.74) is -1.72. The molecule has 0 radical (unpaired) electrons. The van der Waals surface area contributed by atoms with Crippen molar-refractivity contribution in [2.45, 2.75) is 0 Å². The fourth-order valence-electron chi connectivity index (χ4n) is 1.64. The van der Waals surface area contributed by atoms with E-state index < -0.39 is 22.1 Å². The Morgan fingerprint density at radius 2 is 2.11 bits per heavy atom. The van der Waals surface area contributed by atoms with Crippen molar-refractivity contribution in [1.29, 1.82) is 0 Å². The molecule has 0 spiro atoms. The fraction of sp³-hybridized carbons (Fsp3) is 0. The van der Waals surface area contributed by atoms with E-state index in [-0.39, 0.29) is 21.5 Å². The highest BCUT2D eigenvalue weighted by atomic mass is 35.5. The van der Waals surface area contributed by atoms with E-state index in [9.17, 15) is 19.7 Å². The molecule has 0 aliphatic rings. The predicted molar refractivity (Wildman–Crippen MR) is 63.2 cm³/mol. The molecule has 92 valence electrons. The van der Waals surface area contributed by atoms with Crippen molar-refractivity contribution in [3.05, 3.63) is 49.3 Å². The summed E-state index contributed by atoms with van der Waals surface area (Å²) in [5.74, 6) is -1.38. The molecule has 1 aromatic heterocycles. The molecule has 7 nitrogen and oxygen atoms in total. The number of hydrogen-bond donors (Lipinski definition) is 2. The number of nitrogens with zero attached hydrogens (tertiary/aromatic N) is 1. The van der Waals surface area contributed by atoms with Crippen LogP contribution in [0.2, 0.25) is 5.02 Å². The van der Waals surface area contributed by atoms with E-state index in [0.717, 1.165) is 12.1 Å². The highest BCUT2D eigenvalue weighted by Crippen LogP contribution is 2.31. The number of nitro groups is 1. The average molecular weight is 269 g/mol. The summed E-state index contributed by atoms with van der Waals surface area (Å²) in [7, 11) is 0. The SMILES string of the molecule is O=C(O)c1cc(=O)[nH]c2c([N+](=O)[O-])ccc(Cl)c12. The fourth-order valence-corrected chi connectivity index (χ4v) is 1.90. The number of aromatic amines is 1. The number of benzene rings is 1. The maximum atomic E-state index is 11.3. The zero-order valence-corrected chi connectivity index (χ0v) is 9.39. The number of carboxylic acid groups (broad SMARTS) is 1. The Bertz CT molecular complexity index is 737. The van der Waals surface area contributed by atoms with Gasteiger partial charge in [-0.1, -0.05) is 11.6 Å². The summed E-state index contributed by atoms with van der Waals surface area (Å²) < 4.78 is 0.